The summed E-state index contributed by atoms with van der Waals surface area (Å²) < 4.78 is 1.32. The first-order valence-electron chi connectivity index (χ1n) is 3.83. The number of fused-ring (bicyclic) bond motifs is 1. The van der Waals surface area contributed by atoms with Gasteiger partial charge in [-0.15, -0.1) is 0 Å². The van der Waals surface area contributed by atoms with Crippen molar-refractivity contribution in [2.75, 3.05) is 0 Å². The van der Waals surface area contributed by atoms with E-state index in [-0.39, 0.29) is 5.69 Å². The zero-order valence-corrected chi connectivity index (χ0v) is 7.02. The summed E-state index contributed by atoms with van der Waals surface area (Å²) in [5, 5.41) is 15.4. The molecule has 1 heterocycles. The molecule has 66 valence electrons. The molecule has 0 amide bonds. The third-order valence-electron chi connectivity index (χ3n) is 1.93. The number of aromatic nitrogens is 2. The van der Waals surface area contributed by atoms with Gasteiger partial charge in [-0.2, -0.15) is 5.10 Å². The van der Waals surface area contributed by atoms with Crippen LogP contribution in [0, 0.1) is 0 Å². The summed E-state index contributed by atoms with van der Waals surface area (Å²) in [7, 11) is 1.59. The smallest absolute Gasteiger partial charge is 0.0930 e. The highest BCUT2D eigenvalue weighted by Crippen LogP contribution is 2.15. The van der Waals surface area contributed by atoms with Crippen LogP contribution in [0.2, 0.25) is 0 Å². The first kappa shape index (κ1) is 7.79. The zero-order valence-electron chi connectivity index (χ0n) is 7.02. The molecule has 0 saturated heterocycles. The van der Waals surface area contributed by atoms with E-state index in [0.29, 0.717) is 10.9 Å². The first-order valence-corrected chi connectivity index (χ1v) is 3.83. The molecular weight excluding hydrogens is 168 g/mol. The number of aryl methyl sites for hydroxylation is 1. The van der Waals surface area contributed by atoms with Gasteiger partial charge in [0, 0.05) is 12.4 Å². The van der Waals surface area contributed by atoms with Crippen molar-refractivity contribution in [3.63, 3.8) is 0 Å². The summed E-state index contributed by atoms with van der Waals surface area (Å²) in [6.07, 6.45) is 0. The Hall–Kier alpha value is -1.84. The summed E-state index contributed by atoms with van der Waals surface area (Å²) >= 11 is 0. The lowest BCUT2D eigenvalue weighted by Crippen LogP contribution is -2.25. The molecule has 0 saturated carbocycles. The van der Waals surface area contributed by atoms with Crippen molar-refractivity contribution in [1.82, 2.24) is 9.78 Å². The average molecular weight is 175 g/mol. The molecule has 0 atom stereocenters. The Labute approximate surface area is 74.4 Å². The van der Waals surface area contributed by atoms with Crippen LogP contribution in [0.15, 0.2) is 24.3 Å². The quantitative estimate of drug-likeness (QED) is 0.610. The largest absolute Gasteiger partial charge is 0.543 e. The molecule has 0 aliphatic heterocycles. The van der Waals surface area contributed by atoms with Crippen LogP contribution < -0.4 is 5.11 Å². The topological polar surface area (TPSA) is 58.0 Å². The van der Waals surface area contributed by atoms with Crippen molar-refractivity contribution in [2.24, 2.45) is 7.05 Å². The molecular formula is C9H7N2O2-. The summed E-state index contributed by atoms with van der Waals surface area (Å²) in [4.78, 5) is 10.7. The van der Waals surface area contributed by atoms with Crippen molar-refractivity contribution in [3.8, 4) is 0 Å². The Balaban J connectivity index is 2.86. The van der Waals surface area contributed by atoms with E-state index in [1.165, 1.54) is 4.68 Å². The van der Waals surface area contributed by atoms with Crippen LogP contribution in [0.25, 0.3) is 10.9 Å². The van der Waals surface area contributed by atoms with Crippen molar-refractivity contribution in [3.05, 3.63) is 30.0 Å². The van der Waals surface area contributed by atoms with E-state index in [1.54, 1.807) is 25.2 Å². The maximum absolute atomic E-state index is 10.7. The van der Waals surface area contributed by atoms with Crippen molar-refractivity contribution < 1.29 is 9.90 Å². The molecule has 0 aliphatic rings. The summed E-state index contributed by atoms with van der Waals surface area (Å²) in [5.41, 5.74) is 0.791. The van der Waals surface area contributed by atoms with E-state index >= 15 is 0 Å². The fraction of sp³-hybridized carbons (Fsp3) is 0.111. The lowest BCUT2D eigenvalue weighted by Gasteiger charge is -2.01. The molecule has 0 fully saturated rings. The SMILES string of the molecule is Cn1nc2ccccc2c1C(=O)[O-]. The summed E-state index contributed by atoms with van der Waals surface area (Å²) in [6.45, 7) is 0. The second-order valence-corrected chi connectivity index (χ2v) is 2.78. The predicted octanol–water partition coefficient (Wildman–Crippen LogP) is -0.0632. The standard InChI is InChI=1S/C9H8N2O2/c1-11-8(9(12)13)6-4-2-3-5-7(6)10-11/h2-5H,1H3,(H,12,13)/p-1. The Morgan fingerprint density at radius 1 is 1.46 bits per heavy atom. The molecule has 0 N–H and O–H groups in total. The number of carboxylic acid groups (broad SMARTS) is 1. The van der Waals surface area contributed by atoms with Crippen molar-refractivity contribution in [2.45, 2.75) is 0 Å². The van der Waals surface area contributed by atoms with Gasteiger partial charge in [0.2, 0.25) is 0 Å². The zero-order chi connectivity index (χ0) is 9.42. The molecule has 13 heavy (non-hydrogen) atoms. The Morgan fingerprint density at radius 3 is 2.85 bits per heavy atom. The van der Waals surface area contributed by atoms with E-state index in [1.807, 2.05) is 6.07 Å². The molecule has 1 aromatic carbocycles. The minimum absolute atomic E-state index is 0.121. The fourth-order valence-corrected chi connectivity index (χ4v) is 1.39. The molecule has 1 aromatic heterocycles. The number of rotatable bonds is 1. The second-order valence-electron chi connectivity index (χ2n) is 2.78. The Bertz CT molecular complexity index is 473. The van der Waals surface area contributed by atoms with E-state index in [9.17, 15) is 9.90 Å². The van der Waals surface area contributed by atoms with Crippen LogP contribution in [0.3, 0.4) is 0 Å². The van der Waals surface area contributed by atoms with E-state index < -0.39 is 5.97 Å². The highest BCUT2D eigenvalue weighted by Gasteiger charge is 2.07. The predicted molar refractivity (Wildman–Crippen MR) is 45.0 cm³/mol. The van der Waals surface area contributed by atoms with Crippen LogP contribution in [-0.4, -0.2) is 15.7 Å². The molecule has 0 unspecified atom stereocenters. The number of benzene rings is 1. The van der Waals surface area contributed by atoms with E-state index in [2.05, 4.69) is 5.10 Å². The van der Waals surface area contributed by atoms with Crippen LogP contribution >= 0.6 is 0 Å². The van der Waals surface area contributed by atoms with Gasteiger partial charge in [-0.1, -0.05) is 18.2 Å². The normalized spacial score (nSPS) is 10.5. The highest BCUT2D eigenvalue weighted by atomic mass is 16.4. The summed E-state index contributed by atoms with van der Waals surface area (Å²) in [5.74, 6) is -1.20. The maximum atomic E-state index is 10.7. The van der Waals surface area contributed by atoms with Crippen molar-refractivity contribution in [1.29, 1.82) is 0 Å². The van der Waals surface area contributed by atoms with Gasteiger partial charge in [-0.25, -0.2) is 0 Å². The van der Waals surface area contributed by atoms with Gasteiger partial charge in [0.15, 0.2) is 0 Å². The van der Waals surface area contributed by atoms with Gasteiger partial charge in [0.05, 0.1) is 17.2 Å². The number of nitrogens with zero attached hydrogens (tertiary/aromatic N) is 2. The Morgan fingerprint density at radius 2 is 2.15 bits per heavy atom. The number of carbonyl (C=O) groups excluding carboxylic acids is 1. The molecule has 4 nitrogen and oxygen atoms in total. The number of aromatic carboxylic acids is 1. The molecule has 4 heteroatoms. The van der Waals surface area contributed by atoms with Crippen LogP contribution in [-0.2, 0) is 7.05 Å². The van der Waals surface area contributed by atoms with E-state index in [4.69, 9.17) is 0 Å². The molecule has 2 aromatic rings. The number of carbonyl (C=O) groups is 1. The lowest BCUT2D eigenvalue weighted by molar-refractivity contribution is -0.255. The van der Waals surface area contributed by atoms with Crippen LogP contribution in [0.5, 0.6) is 0 Å². The monoisotopic (exact) mass is 175 g/mol. The molecule has 0 bridgehead atoms. The van der Waals surface area contributed by atoms with Gasteiger partial charge in [-0.3, -0.25) is 4.68 Å². The fourth-order valence-electron chi connectivity index (χ4n) is 1.39. The van der Waals surface area contributed by atoms with Gasteiger partial charge in [0.25, 0.3) is 0 Å². The highest BCUT2D eigenvalue weighted by molar-refractivity contribution is 6.00. The average Bonchev–Trinajstić information content (AvgIpc) is 2.39. The molecule has 0 radical (unpaired) electrons. The minimum Gasteiger partial charge on any atom is -0.543 e. The van der Waals surface area contributed by atoms with Gasteiger partial charge in [0.1, 0.15) is 0 Å². The number of hydrogen-bond acceptors (Lipinski definition) is 3. The molecule has 0 aliphatic carbocycles. The minimum atomic E-state index is -1.20. The summed E-state index contributed by atoms with van der Waals surface area (Å²) in [6, 6.07) is 7.07. The maximum Gasteiger partial charge on any atom is 0.0930 e. The third kappa shape index (κ3) is 1.07. The first-order chi connectivity index (χ1) is 6.20. The Kier molecular flexibility index (Phi) is 1.55. The van der Waals surface area contributed by atoms with Crippen LogP contribution in [0.1, 0.15) is 10.5 Å². The van der Waals surface area contributed by atoms with Gasteiger partial charge in [-0.05, 0) is 6.07 Å². The van der Waals surface area contributed by atoms with Crippen LogP contribution in [0.4, 0.5) is 0 Å². The number of hydrogen-bond donors (Lipinski definition) is 0. The van der Waals surface area contributed by atoms with Crippen molar-refractivity contribution >= 4 is 16.9 Å². The number of carboxylic acids is 1. The van der Waals surface area contributed by atoms with E-state index in [0.717, 1.165) is 0 Å². The second kappa shape index (κ2) is 2.58. The molecule has 2 rings (SSSR count). The lowest BCUT2D eigenvalue weighted by atomic mass is 10.2. The van der Waals surface area contributed by atoms with Gasteiger partial charge < -0.3 is 9.90 Å². The van der Waals surface area contributed by atoms with Gasteiger partial charge >= 0.3 is 0 Å². The molecule has 0 spiro atoms. The third-order valence-corrected chi connectivity index (χ3v) is 1.93.